The summed E-state index contributed by atoms with van der Waals surface area (Å²) in [5, 5.41) is 11.8. The summed E-state index contributed by atoms with van der Waals surface area (Å²) in [5.41, 5.74) is 6.37. The van der Waals surface area contributed by atoms with Crippen LogP contribution in [0.15, 0.2) is 23.4 Å². The van der Waals surface area contributed by atoms with E-state index >= 15 is 0 Å². The highest BCUT2D eigenvalue weighted by Crippen LogP contribution is 2.21. The molecule has 0 aliphatic heterocycles. The number of nitrogens with two attached hydrogens (primary N) is 1. The summed E-state index contributed by atoms with van der Waals surface area (Å²) in [6, 6.07) is 4.49. The van der Waals surface area contributed by atoms with Gasteiger partial charge in [-0.15, -0.1) is 4.91 Å². The average molecular weight is 166 g/mol. The van der Waals surface area contributed by atoms with Crippen molar-refractivity contribution in [1.29, 1.82) is 0 Å². The summed E-state index contributed by atoms with van der Waals surface area (Å²) >= 11 is 0. The minimum Gasteiger partial charge on any atom is -0.508 e. The van der Waals surface area contributed by atoms with E-state index in [2.05, 4.69) is 5.18 Å². The first-order valence-corrected chi connectivity index (χ1v) is 3.62. The molecule has 1 aromatic carbocycles. The van der Waals surface area contributed by atoms with Gasteiger partial charge >= 0.3 is 0 Å². The molecule has 0 unspecified atom stereocenters. The highest BCUT2D eigenvalue weighted by Gasteiger charge is 1.98. The van der Waals surface area contributed by atoms with Gasteiger partial charge in [0.25, 0.3) is 0 Å². The lowest BCUT2D eigenvalue weighted by atomic mass is 10.1. The minimum absolute atomic E-state index is 0.0514. The molecule has 0 heterocycles. The number of nitroso groups, excluding NO2 is 1. The maximum Gasteiger partial charge on any atom is 0.118 e. The van der Waals surface area contributed by atoms with Crippen molar-refractivity contribution in [2.24, 2.45) is 10.9 Å². The number of hydrogen-bond donors (Lipinski definition) is 2. The van der Waals surface area contributed by atoms with Gasteiger partial charge in [0.1, 0.15) is 11.4 Å². The van der Waals surface area contributed by atoms with E-state index in [4.69, 9.17) is 10.8 Å². The minimum atomic E-state index is 0.0514. The molecule has 0 bridgehead atoms. The molecule has 1 aromatic rings. The van der Waals surface area contributed by atoms with Crippen molar-refractivity contribution in [3.63, 3.8) is 0 Å². The Kier molecular flexibility index (Phi) is 2.76. The molecule has 0 fully saturated rings. The third-order valence-corrected chi connectivity index (χ3v) is 1.50. The molecule has 12 heavy (non-hydrogen) atoms. The fourth-order valence-electron chi connectivity index (χ4n) is 1.02. The predicted octanol–water partition coefficient (Wildman–Crippen LogP) is 1.29. The Balaban J connectivity index is 2.97. The normalized spacial score (nSPS) is 9.75. The first-order valence-electron chi connectivity index (χ1n) is 3.62. The molecule has 0 spiro atoms. The van der Waals surface area contributed by atoms with E-state index in [1.54, 1.807) is 12.1 Å². The second kappa shape index (κ2) is 3.82. The van der Waals surface area contributed by atoms with Gasteiger partial charge in [-0.25, -0.2) is 0 Å². The van der Waals surface area contributed by atoms with Crippen molar-refractivity contribution >= 4 is 5.69 Å². The van der Waals surface area contributed by atoms with Crippen LogP contribution in [0.1, 0.15) is 5.56 Å². The molecule has 0 aliphatic carbocycles. The highest BCUT2D eigenvalue weighted by atomic mass is 16.3. The zero-order valence-corrected chi connectivity index (χ0v) is 6.53. The van der Waals surface area contributed by atoms with E-state index in [1.165, 1.54) is 6.07 Å². The fraction of sp³-hybridized carbons (Fsp3) is 0.250. The highest BCUT2D eigenvalue weighted by molar-refractivity contribution is 5.46. The van der Waals surface area contributed by atoms with Crippen LogP contribution in [-0.4, -0.2) is 11.7 Å². The molecule has 0 saturated heterocycles. The second-order valence-electron chi connectivity index (χ2n) is 2.49. The Morgan fingerprint density at radius 3 is 2.75 bits per heavy atom. The Hall–Kier alpha value is -1.42. The summed E-state index contributed by atoms with van der Waals surface area (Å²) in [5.74, 6) is 0.0514. The number of hydrogen-bond acceptors (Lipinski definition) is 4. The lowest BCUT2D eigenvalue weighted by Gasteiger charge is -1.99. The first kappa shape index (κ1) is 8.67. The van der Waals surface area contributed by atoms with Crippen LogP contribution < -0.4 is 5.73 Å². The maximum absolute atomic E-state index is 10.1. The quantitative estimate of drug-likeness (QED) is 0.664. The van der Waals surface area contributed by atoms with Gasteiger partial charge in [-0.05, 0) is 35.8 Å². The number of nitrogens with zero attached hydrogens (tertiary/aromatic N) is 1. The summed E-state index contributed by atoms with van der Waals surface area (Å²) in [6.45, 7) is 0.488. The number of phenolic OH excluding ortho intramolecular Hbond substituents is 1. The molecular weight excluding hydrogens is 156 g/mol. The van der Waals surface area contributed by atoms with Crippen LogP contribution in [-0.2, 0) is 6.42 Å². The smallest absolute Gasteiger partial charge is 0.118 e. The largest absolute Gasteiger partial charge is 0.508 e. The predicted molar refractivity (Wildman–Crippen MR) is 46.3 cm³/mol. The van der Waals surface area contributed by atoms with Crippen molar-refractivity contribution in [2.75, 3.05) is 6.54 Å². The molecule has 0 amide bonds. The molecule has 4 heteroatoms. The Labute approximate surface area is 70.0 Å². The van der Waals surface area contributed by atoms with Crippen LogP contribution in [0.5, 0.6) is 5.75 Å². The van der Waals surface area contributed by atoms with Gasteiger partial charge in [-0.3, -0.25) is 0 Å². The van der Waals surface area contributed by atoms with Gasteiger partial charge < -0.3 is 10.8 Å². The zero-order chi connectivity index (χ0) is 8.97. The summed E-state index contributed by atoms with van der Waals surface area (Å²) in [6.07, 6.45) is 0.636. The van der Waals surface area contributed by atoms with Crippen LogP contribution in [0.4, 0.5) is 5.69 Å². The fourth-order valence-corrected chi connectivity index (χ4v) is 1.02. The number of rotatable bonds is 3. The van der Waals surface area contributed by atoms with Gasteiger partial charge in [-0.1, -0.05) is 0 Å². The Bertz CT molecular complexity index is 286. The summed E-state index contributed by atoms with van der Waals surface area (Å²) < 4.78 is 0. The van der Waals surface area contributed by atoms with E-state index < -0.39 is 0 Å². The van der Waals surface area contributed by atoms with Crippen LogP contribution >= 0.6 is 0 Å². The van der Waals surface area contributed by atoms with Gasteiger partial charge in [-0.2, -0.15) is 0 Å². The number of phenols is 1. The van der Waals surface area contributed by atoms with Crippen molar-refractivity contribution in [3.05, 3.63) is 28.7 Å². The first-order chi connectivity index (χ1) is 5.76. The Morgan fingerprint density at radius 1 is 1.42 bits per heavy atom. The van der Waals surface area contributed by atoms with Crippen molar-refractivity contribution in [1.82, 2.24) is 0 Å². The van der Waals surface area contributed by atoms with Crippen molar-refractivity contribution in [3.8, 4) is 5.75 Å². The molecule has 3 N–H and O–H groups in total. The molecule has 0 saturated carbocycles. The lowest BCUT2D eigenvalue weighted by Crippen LogP contribution is -2.02. The van der Waals surface area contributed by atoms with Crippen molar-refractivity contribution in [2.45, 2.75) is 6.42 Å². The monoisotopic (exact) mass is 166 g/mol. The molecule has 0 atom stereocenters. The van der Waals surface area contributed by atoms with Crippen LogP contribution in [0, 0.1) is 4.91 Å². The lowest BCUT2D eigenvalue weighted by molar-refractivity contribution is 0.475. The molecule has 4 nitrogen and oxygen atoms in total. The molecule has 0 aromatic heterocycles. The zero-order valence-electron chi connectivity index (χ0n) is 6.53. The second-order valence-corrected chi connectivity index (χ2v) is 2.49. The van der Waals surface area contributed by atoms with Crippen LogP contribution in [0.25, 0.3) is 0 Å². The number of benzene rings is 1. The SMILES string of the molecule is NCCc1cc(O)cc(N=O)c1. The topological polar surface area (TPSA) is 75.7 Å². The van der Waals surface area contributed by atoms with Gasteiger partial charge in [0.2, 0.25) is 0 Å². The van der Waals surface area contributed by atoms with E-state index in [0.29, 0.717) is 13.0 Å². The summed E-state index contributed by atoms with van der Waals surface area (Å²) in [7, 11) is 0. The maximum atomic E-state index is 10.1. The van der Waals surface area contributed by atoms with E-state index in [0.717, 1.165) is 5.56 Å². The molecule has 64 valence electrons. The van der Waals surface area contributed by atoms with E-state index in [-0.39, 0.29) is 11.4 Å². The number of aromatic hydroxyl groups is 1. The molecule has 1 rings (SSSR count). The summed E-state index contributed by atoms with van der Waals surface area (Å²) in [4.78, 5) is 10.1. The molecular formula is C8H10N2O2. The molecule has 0 aliphatic rings. The molecule has 0 radical (unpaired) electrons. The third kappa shape index (κ3) is 2.03. The van der Waals surface area contributed by atoms with Crippen molar-refractivity contribution < 1.29 is 5.11 Å². The van der Waals surface area contributed by atoms with Crippen LogP contribution in [0.2, 0.25) is 0 Å². The van der Waals surface area contributed by atoms with Gasteiger partial charge in [0, 0.05) is 6.07 Å². The van der Waals surface area contributed by atoms with Gasteiger partial charge in [0.05, 0.1) is 0 Å². The average Bonchev–Trinajstić information content (AvgIpc) is 2.04. The Morgan fingerprint density at radius 2 is 2.17 bits per heavy atom. The van der Waals surface area contributed by atoms with E-state index in [1.807, 2.05) is 0 Å². The van der Waals surface area contributed by atoms with E-state index in [9.17, 15) is 4.91 Å². The van der Waals surface area contributed by atoms with Gasteiger partial charge in [0.15, 0.2) is 0 Å². The van der Waals surface area contributed by atoms with Crippen LogP contribution in [0.3, 0.4) is 0 Å². The standard InChI is InChI=1S/C8H10N2O2/c9-2-1-6-3-7(10-12)5-8(11)4-6/h3-5,11H,1-2,9H2. The third-order valence-electron chi connectivity index (χ3n) is 1.50.